The Kier molecular flexibility index (Phi) is 7.25. The predicted octanol–water partition coefficient (Wildman–Crippen LogP) is 4.81. The maximum atomic E-state index is 13.4. The van der Waals surface area contributed by atoms with Gasteiger partial charge in [0.2, 0.25) is 0 Å². The van der Waals surface area contributed by atoms with E-state index in [0.29, 0.717) is 34.8 Å². The van der Waals surface area contributed by atoms with E-state index < -0.39 is 0 Å². The Morgan fingerprint density at radius 1 is 0.909 bits per heavy atom. The number of piperidine rings is 1. The molecule has 4 rings (SSSR count). The molecule has 0 saturated carbocycles. The van der Waals surface area contributed by atoms with Crippen LogP contribution in [-0.4, -0.2) is 30.9 Å². The normalized spacial score (nSPS) is 14.1. The Labute approximate surface area is 197 Å². The molecule has 7 heteroatoms. The molecule has 1 heterocycles. The van der Waals surface area contributed by atoms with Crippen LogP contribution in [0.3, 0.4) is 0 Å². The topological polar surface area (TPSA) is 61.4 Å². The van der Waals surface area contributed by atoms with Crippen LogP contribution in [0, 0.1) is 5.82 Å². The minimum absolute atomic E-state index is 0.0407. The molecule has 2 N–H and O–H groups in total. The molecule has 5 nitrogen and oxygen atoms in total. The molecule has 0 unspecified atom stereocenters. The van der Waals surface area contributed by atoms with Crippen LogP contribution in [-0.2, 0) is 6.54 Å². The number of hydrogen-bond donors (Lipinski definition) is 2. The van der Waals surface area contributed by atoms with E-state index in [9.17, 15) is 14.0 Å². The maximum absolute atomic E-state index is 13.4. The van der Waals surface area contributed by atoms with E-state index >= 15 is 0 Å². The second-order valence-corrected chi connectivity index (χ2v) is 8.45. The van der Waals surface area contributed by atoms with Gasteiger partial charge in [-0.2, -0.15) is 0 Å². The number of nitrogens with one attached hydrogen (secondary N) is 2. The molecule has 0 bridgehead atoms. The lowest BCUT2D eigenvalue weighted by Gasteiger charge is -2.35. The van der Waals surface area contributed by atoms with Crippen molar-refractivity contribution in [1.29, 1.82) is 0 Å². The third kappa shape index (κ3) is 5.71. The predicted molar refractivity (Wildman–Crippen MR) is 128 cm³/mol. The molecule has 170 valence electrons. The van der Waals surface area contributed by atoms with Crippen molar-refractivity contribution in [3.05, 3.63) is 100 Å². The second-order valence-electron chi connectivity index (χ2n) is 8.04. The van der Waals surface area contributed by atoms with E-state index in [1.165, 1.54) is 12.1 Å². The van der Waals surface area contributed by atoms with Crippen molar-refractivity contribution in [2.45, 2.75) is 25.4 Å². The molecule has 1 aliphatic rings. The highest BCUT2D eigenvalue weighted by Crippen LogP contribution is 2.25. The average molecular weight is 466 g/mol. The summed E-state index contributed by atoms with van der Waals surface area (Å²) in [4.78, 5) is 27.6. The highest BCUT2D eigenvalue weighted by Gasteiger charge is 2.24. The van der Waals surface area contributed by atoms with E-state index in [0.717, 1.165) is 18.5 Å². The minimum Gasteiger partial charge on any atom is -0.371 e. The van der Waals surface area contributed by atoms with Crippen LogP contribution in [0.1, 0.15) is 39.1 Å². The van der Waals surface area contributed by atoms with Crippen molar-refractivity contribution in [2.75, 3.05) is 18.0 Å². The van der Waals surface area contributed by atoms with Gasteiger partial charge in [0.15, 0.2) is 0 Å². The summed E-state index contributed by atoms with van der Waals surface area (Å²) in [6.45, 7) is 1.67. The van der Waals surface area contributed by atoms with Crippen molar-refractivity contribution in [3.8, 4) is 0 Å². The number of nitrogens with zero attached hydrogens (tertiary/aromatic N) is 1. The number of anilines is 1. The Morgan fingerprint density at radius 3 is 2.33 bits per heavy atom. The Morgan fingerprint density at radius 2 is 1.61 bits per heavy atom. The third-order valence-electron chi connectivity index (χ3n) is 5.78. The first-order chi connectivity index (χ1) is 16.0. The Bertz CT molecular complexity index is 1150. The van der Waals surface area contributed by atoms with Gasteiger partial charge in [-0.05, 0) is 54.8 Å². The van der Waals surface area contributed by atoms with Gasteiger partial charge in [0.05, 0.1) is 16.1 Å². The van der Waals surface area contributed by atoms with Crippen LogP contribution in [0.5, 0.6) is 0 Å². The average Bonchev–Trinajstić information content (AvgIpc) is 2.83. The molecule has 3 aromatic carbocycles. The number of rotatable bonds is 6. The smallest absolute Gasteiger partial charge is 0.253 e. The number of amides is 2. The number of hydrogen-bond acceptors (Lipinski definition) is 3. The van der Waals surface area contributed by atoms with Crippen molar-refractivity contribution in [3.63, 3.8) is 0 Å². The SMILES string of the molecule is O=C(NC1CCN(c2ccccc2C(=O)NCc2cccc(F)c2)CC1)c1ccccc1Cl. The molecule has 0 atom stereocenters. The number of carbonyl (C=O) groups is 2. The lowest BCUT2D eigenvalue weighted by molar-refractivity contribution is 0.0929. The van der Waals surface area contributed by atoms with Gasteiger partial charge >= 0.3 is 0 Å². The molecular weight excluding hydrogens is 441 g/mol. The molecule has 33 heavy (non-hydrogen) atoms. The van der Waals surface area contributed by atoms with Gasteiger partial charge in [-0.3, -0.25) is 9.59 Å². The first-order valence-electron chi connectivity index (χ1n) is 10.9. The summed E-state index contributed by atoms with van der Waals surface area (Å²) < 4.78 is 13.4. The van der Waals surface area contributed by atoms with Crippen LogP contribution < -0.4 is 15.5 Å². The number of halogens is 2. The summed E-state index contributed by atoms with van der Waals surface area (Å²) >= 11 is 6.13. The van der Waals surface area contributed by atoms with Crippen molar-refractivity contribution in [1.82, 2.24) is 10.6 Å². The van der Waals surface area contributed by atoms with E-state index in [-0.39, 0.29) is 30.2 Å². The minimum atomic E-state index is -0.327. The lowest BCUT2D eigenvalue weighted by atomic mass is 10.0. The summed E-state index contributed by atoms with van der Waals surface area (Å²) in [5, 5.41) is 6.38. The number of para-hydroxylation sites is 1. The maximum Gasteiger partial charge on any atom is 0.253 e. The molecule has 0 spiro atoms. The Hall–Kier alpha value is -3.38. The third-order valence-corrected chi connectivity index (χ3v) is 6.11. The lowest BCUT2D eigenvalue weighted by Crippen LogP contribution is -2.45. The van der Waals surface area contributed by atoms with Crippen molar-refractivity contribution < 1.29 is 14.0 Å². The van der Waals surface area contributed by atoms with Crippen LogP contribution in [0.25, 0.3) is 0 Å². The molecule has 2 amide bonds. The molecule has 3 aromatic rings. The summed E-state index contributed by atoms with van der Waals surface area (Å²) in [6, 6.07) is 20.7. The molecule has 1 fully saturated rings. The fraction of sp³-hybridized carbons (Fsp3) is 0.231. The zero-order valence-electron chi connectivity index (χ0n) is 18.1. The largest absolute Gasteiger partial charge is 0.371 e. The van der Waals surface area contributed by atoms with Crippen molar-refractivity contribution in [2.24, 2.45) is 0 Å². The molecule has 0 radical (unpaired) electrons. The van der Waals surface area contributed by atoms with Gasteiger partial charge in [0.25, 0.3) is 11.8 Å². The van der Waals surface area contributed by atoms with Gasteiger partial charge in [-0.1, -0.05) is 48.0 Å². The summed E-state index contributed by atoms with van der Waals surface area (Å²) in [5.41, 5.74) is 2.61. The highest BCUT2D eigenvalue weighted by molar-refractivity contribution is 6.33. The van der Waals surface area contributed by atoms with Crippen LogP contribution in [0.4, 0.5) is 10.1 Å². The number of carbonyl (C=O) groups excluding carboxylic acids is 2. The molecule has 0 aliphatic carbocycles. The first kappa shape index (κ1) is 22.8. The standard InChI is InChI=1S/C26H25ClFN3O2/c27-23-10-3-1-8-21(23)26(33)30-20-12-14-31(15-13-20)24-11-4-2-9-22(24)25(32)29-17-18-6-5-7-19(28)16-18/h1-11,16,20H,12-15,17H2,(H,29,32)(H,30,33). The molecule has 0 aromatic heterocycles. The summed E-state index contributed by atoms with van der Waals surface area (Å²) in [5.74, 6) is -0.702. The van der Waals surface area contributed by atoms with Crippen LogP contribution in [0.2, 0.25) is 5.02 Å². The molecule has 1 aliphatic heterocycles. The van der Waals surface area contributed by atoms with E-state index in [2.05, 4.69) is 15.5 Å². The fourth-order valence-electron chi connectivity index (χ4n) is 4.04. The van der Waals surface area contributed by atoms with Gasteiger partial charge < -0.3 is 15.5 Å². The number of benzene rings is 3. The second kappa shape index (κ2) is 10.5. The fourth-order valence-corrected chi connectivity index (χ4v) is 4.26. The quantitative estimate of drug-likeness (QED) is 0.549. The summed E-state index contributed by atoms with van der Waals surface area (Å²) in [7, 11) is 0. The molecule has 1 saturated heterocycles. The van der Waals surface area contributed by atoms with Crippen LogP contribution in [0.15, 0.2) is 72.8 Å². The van der Waals surface area contributed by atoms with Crippen molar-refractivity contribution >= 4 is 29.1 Å². The van der Waals surface area contributed by atoms with Gasteiger partial charge in [0.1, 0.15) is 5.82 Å². The van der Waals surface area contributed by atoms with Gasteiger partial charge in [0, 0.05) is 31.4 Å². The van der Waals surface area contributed by atoms with E-state index in [1.54, 1.807) is 42.5 Å². The Balaban J connectivity index is 1.36. The zero-order chi connectivity index (χ0) is 23.2. The van der Waals surface area contributed by atoms with E-state index in [1.807, 2.05) is 18.2 Å². The summed E-state index contributed by atoms with van der Waals surface area (Å²) in [6.07, 6.45) is 1.52. The zero-order valence-corrected chi connectivity index (χ0v) is 18.8. The van der Waals surface area contributed by atoms with E-state index in [4.69, 9.17) is 11.6 Å². The monoisotopic (exact) mass is 465 g/mol. The van der Waals surface area contributed by atoms with Gasteiger partial charge in [-0.25, -0.2) is 4.39 Å². The first-order valence-corrected chi connectivity index (χ1v) is 11.3. The van der Waals surface area contributed by atoms with Gasteiger partial charge in [-0.15, -0.1) is 0 Å². The van der Waals surface area contributed by atoms with Crippen LogP contribution >= 0.6 is 11.6 Å². The molecular formula is C26H25ClFN3O2. The highest BCUT2D eigenvalue weighted by atomic mass is 35.5.